The maximum absolute atomic E-state index is 12.3. The molecule has 26 heavy (non-hydrogen) atoms. The molecule has 0 spiro atoms. The molecular weight excluding hydrogens is 399 g/mol. The number of rotatable bonds is 5. The number of halogens is 2. The summed E-state index contributed by atoms with van der Waals surface area (Å²) in [7, 11) is -3.86. The summed E-state index contributed by atoms with van der Waals surface area (Å²) in [6.45, 7) is 6.87. The SMILES string of the molecule is CC(NC(=O)c1ccc(S(=O)(=O)NC(C)(C)C)o1)c1ccc(Cl)cc1Cl. The summed E-state index contributed by atoms with van der Waals surface area (Å²) in [6, 6.07) is 7.08. The van der Waals surface area contributed by atoms with Gasteiger partial charge in [-0.05, 0) is 57.5 Å². The molecule has 1 heterocycles. The first-order valence-corrected chi connectivity index (χ1v) is 10.0. The van der Waals surface area contributed by atoms with E-state index in [4.69, 9.17) is 27.6 Å². The highest BCUT2D eigenvalue weighted by molar-refractivity contribution is 7.89. The summed E-state index contributed by atoms with van der Waals surface area (Å²) < 4.78 is 32.2. The van der Waals surface area contributed by atoms with Crippen molar-refractivity contribution in [2.45, 2.75) is 44.4 Å². The van der Waals surface area contributed by atoms with Crippen LogP contribution in [-0.2, 0) is 10.0 Å². The smallest absolute Gasteiger partial charge is 0.287 e. The van der Waals surface area contributed by atoms with Gasteiger partial charge in [-0.25, -0.2) is 13.1 Å². The van der Waals surface area contributed by atoms with Crippen LogP contribution in [0.4, 0.5) is 0 Å². The number of hydrogen-bond acceptors (Lipinski definition) is 4. The highest BCUT2D eigenvalue weighted by atomic mass is 35.5. The standard InChI is InChI=1S/C17H20Cl2N2O4S/c1-10(12-6-5-11(18)9-13(12)19)20-16(22)14-7-8-15(25-14)26(23,24)21-17(2,3)4/h5-10,21H,1-4H3,(H,20,22). The molecule has 0 fully saturated rings. The maximum Gasteiger partial charge on any atom is 0.287 e. The number of sulfonamides is 1. The zero-order valence-electron chi connectivity index (χ0n) is 14.8. The quantitative estimate of drug-likeness (QED) is 0.762. The lowest BCUT2D eigenvalue weighted by Gasteiger charge is -2.19. The third kappa shape index (κ3) is 5.23. The van der Waals surface area contributed by atoms with Gasteiger partial charge in [0.2, 0.25) is 5.09 Å². The van der Waals surface area contributed by atoms with E-state index >= 15 is 0 Å². The monoisotopic (exact) mass is 418 g/mol. The number of carbonyl (C=O) groups is 1. The minimum atomic E-state index is -3.86. The summed E-state index contributed by atoms with van der Waals surface area (Å²) in [4.78, 5) is 12.3. The minimum Gasteiger partial charge on any atom is -0.438 e. The fourth-order valence-electron chi connectivity index (χ4n) is 2.24. The molecule has 1 amide bonds. The first-order chi connectivity index (χ1) is 11.9. The molecule has 0 aliphatic heterocycles. The van der Waals surface area contributed by atoms with Gasteiger partial charge in [0.05, 0.1) is 6.04 Å². The third-order valence-electron chi connectivity index (χ3n) is 3.29. The van der Waals surface area contributed by atoms with Crippen LogP contribution in [0, 0.1) is 0 Å². The maximum atomic E-state index is 12.3. The second-order valence-corrected chi connectivity index (χ2v) is 9.29. The third-order valence-corrected chi connectivity index (χ3v) is 5.48. The number of amides is 1. The van der Waals surface area contributed by atoms with Crippen molar-refractivity contribution in [2.24, 2.45) is 0 Å². The van der Waals surface area contributed by atoms with Gasteiger partial charge < -0.3 is 9.73 Å². The van der Waals surface area contributed by atoms with Gasteiger partial charge >= 0.3 is 0 Å². The molecule has 1 atom stereocenters. The largest absolute Gasteiger partial charge is 0.438 e. The van der Waals surface area contributed by atoms with Crippen LogP contribution >= 0.6 is 23.2 Å². The molecule has 1 aromatic carbocycles. The predicted molar refractivity (Wildman–Crippen MR) is 101 cm³/mol. The lowest BCUT2D eigenvalue weighted by Crippen LogP contribution is -2.40. The van der Waals surface area contributed by atoms with Crippen LogP contribution in [0.15, 0.2) is 39.8 Å². The van der Waals surface area contributed by atoms with Gasteiger partial charge in [0.15, 0.2) is 5.76 Å². The highest BCUT2D eigenvalue weighted by Crippen LogP contribution is 2.26. The minimum absolute atomic E-state index is 0.115. The van der Waals surface area contributed by atoms with E-state index in [-0.39, 0.29) is 10.9 Å². The van der Waals surface area contributed by atoms with E-state index in [9.17, 15) is 13.2 Å². The zero-order valence-corrected chi connectivity index (χ0v) is 17.1. The molecule has 6 nitrogen and oxygen atoms in total. The van der Waals surface area contributed by atoms with Gasteiger partial charge in [0, 0.05) is 15.6 Å². The molecule has 0 saturated heterocycles. The summed E-state index contributed by atoms with van der Waals surface area (Å²) in [5.41, 5.74) is 0.00618. The van der Waals surface area contributed by atoms with Crippen molar-refractivity contribution in [3.63, 3.8) is 0 Å². The first kappa shape index (κ1) is 20.8. The molecule has 1 aromatic heterocycles. The number of furan rings is 1. The van der Waals surface area contributed by atoms with Crippen molar-refractivity contribution in [3.8, 4) is 0 Å². The molecule has 142 valence electrons. The van der Waals surface area contributed by atoms with Gasteiger partial charge in [-0.1, -0.05) is 29.3 Å². The normalized spacial score (nSPS) is 13.5. The molecule has 2 rings (SSSR count). The molecule has 0 aliphatic rings. The summed E-state index contributed by atoms with van der Waals surface area (Å²) in [5, 5.41) is 3.30. The Labute approximate surface area is 162 Å². The van der Waals surface area contributed by atoms with Crippen LogP contribution in [-0.4, -0.2) is 19.9 Å². The Balaban J connectivity index is 2.15. The summed E-state index contributed by atoms with van der Waals surface area (Å²) >= 11 is 12.0. The lowest BCUT2D eigenvalue weighted by atomic mass is 10.1. The second-order valence-electron chi connectivity index (χ2n) is 6.84. The van der Waals surface area contributed by atoms with E-state index in [1.165, 1.54) is 12.1 Å². The van der Waals surface area contributed by atoms with Crippen LogP contribution in [0.3, 0.4) is 0 Å². The summed E-state index contributed by atoms with van der Waals surface area (Å²) in [6.07, 6.45) is 0. The average molecular weight is 419 g/mol. The van der Waals surface area contributed by atoms with Crippen molar-refractivity contribution < 1.29 is 17.6 Å². The Morgan fingerprint density at radius 2 is 1.81 bits per heavy atom. The molecule has 9 heteroatoms. The van der Waals surface area contributed by atoms with E-state index in [1.807, 2.05) is 0 Å². The molecule has 0 bridgehead atoms. The Bertz CT molecular complexity index is 917. The Morgan fingerprint density at radius 3 is 2.38 bits per heavy atom. The van der Waals surface area contributed by atoms with E-state index in [1.54, 1.807) is 45.9 Å². The van der Waals surface area contributed by atoms with Crippen LogP contribution < -0.4 is 10.0 Å². The molecular formula is C17H20Cl2N2O4S. The van der Waals surface area contributed by atoms with Gasteiger partial charge in [0.1, 0.15) is 0 Å². The van der Waals surface area contributed by atoms with Gasteiger partial charge in [0.25, 0.3) is 15.9 Å². The number of benzene rings is 1. The van der Waals surface area contributed by atoms with Crippen LogP contribution in [0.25, 0.3) is 0 Å². The molecule has 2 N–H and O–H groups in total. The molecule has 0 saturated carbocycles. The van der Waals surface area contributed by atoms with Crippen molar-refractivity contribution in [1.82, 2.24) is 10.0 Å². The fraction of sp³-hybridized carbons (Fsp3) is 0.353. The van der Waals surface area contributed by atoms with Crippen molar-refractivity contribution in [1.29, 1.82) is 0 Å². The second kappa shape index (κ2) is 7.60. The zero-order chi connectivity index (χ0) is 19.7. The molecule has 2 aromatic rings. The lowest BCUT2D eigenvalue weighted by molar-refractivity contribution is 0.0906. The predicted octanol–water partition coefficient (Wildman–Crippen LogP) is 4.15. The van der Waals surface area contributed by atoms with E-state index < -0.39 is 27.5 Å². The molecule has 0 aliphatic carbocycles. The van der Waals surface area contributed by atoms with Crippen molar-refractivity contribution in [2.75, 3.05) is 0 Å². The topological polar surface area (TPSA) is 88.4 Å². The van der Waals surface area contributed by atoms with Crippen LogP contribution in [0.2, 0.25) is 10.0 Å². The Kier molecular flexibility index (Phi) is 6.07. The Morgan fingerprint density at radius 1 is 1.15 bits per heavy atom. The van der Waals surface area contributed by atoms with Gasteiger partial charge in [-0.2, -0.15) is 0 Å². The van der Waals surface area contributed by atoms with Crippen LogP contribution in [0.5, 0.6) is 0 Å². The Hall–Kier alpha value is -1.54. The van der Waals surface area contributed by atoms with Crippen LogP contribution in [0.1, 0.15) is 49.9 Å². The first-order valence-electron chi connectivity index (χ1n) is 7.79. The highest BCUT2D eigenvalue weighted by Gasteiger charge is 2.26. The van der Waals surface area contributed by atoms with Crippen molar-refractivity contribution in [3.05, 3.63) is 51.7 Å². The van der Waals surface area contributed by atoms with E-state index in [0.717, 1.165) is 0 Å². The number of nitrogens with one attached hydrogen (secondary N) is 2. The molecule has 1 unspecified atom stereocenters. The fourth-order valence-corrected chi connectivity index (χ4v) is 4.16. The number of hydrogen-bond donors (Lipinski definition) is 2. The van der Waals surface area contributed by atoms with E-state index in [2.05, 4.69) is 10.0 Å². The van der Waals surface area contributed by atoms with Crippen molar-refractivity contribution >= 4 is 39.1 Å². The number of carbonyl (C=O) groups excluding carboxylic acids is 1. The van der Waals surface area contributed by atoms with Gasteiger partial charge in [-0.15, -0.1) is 0 Å². The summed E-state index contributed by atoms with van der Waals surface area (Å²) in [5.74, 6) is -0.669. The van der Waals surface area contributed by atoms with E-state index in [0.29, 0.717) is 15.6 Å². The van der Waals surface area contributed by atoms with Gasteiger partial charge in [-0.3, -0.25) is 4.79 Å². The molecule has 0 radical (unpaired) electrons. The average Bonchev–Trinajstić information content (AvgIpc) is 2.95.